The van der Waals surface area contributed by atoms with Crippen molar-refractivity contribution in [2.24, 2.45) is 0 Å². The lowest BCUT2D eigenvalue weighted by Gasteiger charge is -2.16. The summed E-state index contributed by atoms with van der Waals surface area (Å²) in [6.45, 7) is -0.264. The molecule has 0 saturated heterocycles. The molecule has 0 aliphatic carbocycles. The van der Waals surface area contributed by atoms with Crippen LogP contribution < -0.4 is 16.0 Å². The quantitative estimate of drug-likeness (QED) is 0.579. The molecule has 3 aromatic rings. The fraction of sp³-hybridized carbons (Fsp3) is 0.190. The number of ether oxygens (including phenoxy) is 2. The van der Waals surface area contributed by atoms with Crippen LogP contribution in [0.3, 0.4) is 0 Å². The van der Waals surface area contributed by atoms with E-state index in [-0.39, 0.29) is 6.54 Å². The maximum absolute atomic E-state index is 13.1. The van der Waals surface area contributed by atoms with Crippen LogP contribution in [0.1, 0.15) is 5.56 Å². The highest BCUT2D eigenvalue weighted by Crippen LogP contribution is 2.21. The highest BCUT2D eigenvalue weighted by Gasteiger charge is 2.16. The number of benzene rings is 2. The van der Waals surface area contributed by atoms with Gasteiger partial charge in [-0.15, -0.1) is 0 Å². The van der Waals surface area contributed by atoms with E-state index in [1.807, 2.05) is 12.1 Å². The lowest BCUT2D eigenvalue weighted by atomic mass is 10.1. The SMILES string of the molecule is COC(=O)Cn1c(=O)cc(-c2ccc(Cl)cc2)n(Cc2ccc(OC)cc2)c1=O. The highest BCUT2D eigenvalue weighted by atomic mass is 35.5. The van der Waals surface area contributed by atoms with Crippen LogP contribution in [-0.4, -0.2) is 29.3 Å². The molecule has 0 atom stereocenters. The molecule has 1 heterocycles. The van der Waals surface area contributed by atoms with Crippen LogP contribution in [-0.2, 0) is 22.6 Å². The zero-order valence-corrected chi connectivity index (χ0v) is 16.7. The zero-order chi connectivity index (χ0) is 21.0. The van der Waals surface area contributed by atoms with Gasteiger partial charge < -0.3 is 9.47 Å². The summed E-state index contributed by atoms with van der Waals surface area (Å²) in [6.07, 6.45) is 0. The van der Waals surface area contributed by atoms with Gasteiger partial charge in [0.15, 0.2) is 0 Å². The number of esters is 1. The second kappa shape index (κ2) is 8.79. The fourth-order valence-electron chi connectivity index (χ4n) is 2.88. The number of hydrogen-bond donors (Lipinski definition) is 0. The van der Waals surface area contributed by atoms with E-state index < -0.39 is 23.8 Å². The van der Waals surface area contributed by atoms with Crippen molar-refractivity contribution in [2.75, 3.05) is 14.2 Å². The largest absolute Gasteiger partial charge is 0.497 e. The predicted octanol–water partition coefficient (Wildman–Crippen LogP) is 2.56. The van der Waals surface area contributed by atoms with Gasteiger partial charge in [0.2, 0.25) is 0 Å². The van der Waals surface area contributed by atoms with Crippen molar-refractivity contribution in [1.29, 1.82) is 0 Å². The summed E-state index contributed by atoms with van der Waals surface area (Å²) in [6, 6.07) is 15.4. The molecule has 29 heavy (non-hydrogen) atoms. The Bertz CT molecular complexity index is 1130. The molecule has 0 unspecified atom stereocenters. The second-order valence-electron chi connectivity index (χ2n) is 6.25. The summed E-state index contributed by atoms with van der Waals surface area (Å²) in [5, 5.41) is 0.539. The molecule has 0 radical (unpaired) electrons. The third kappa shape index (κ3) is 4.57. The number of carbonyl (C=O) groups excluding carboxylic acids is 1. The summed E-state index contributed by atoms with van der Waals surface area (Å²) >= 11 is 5.96. The van der Waals surface area contributed by atoms with Gasteiger partial charge in [0.1, 0.15) is 12.3 Å². The van der Waals surface area contributed by atoms with E-state index in [2.05, 4.69) is 4.74 Å². The van der Waals surface area contributed by atoms with Crippen LogP contribution in [0.5, 0.6) is 5.75 Å². The minimum absolute atomic E-state index is 0.197. The maximum Gasteiger partial charge on any atom is 0.332 e. The van der Waals surface area contributed by atoms with E-state index >= 15 is 0 Å². The van der Waals surface area contributed by atoms with E-state index in [9.17, 15) is 14.4 Å². The Kier molecular flexibility index (Phi) is 6.19. The predicted molar refractivity (Wildman–Crippen MR) is 110 cm³/mol. The average Bonchev–Trinajstić information content (AvgIpc) is 2.74. The van der Waals surface area contributed by atoms with Gasteiger partial charge >= 0.3 is 11.7 Å². The van der Waals surface area contributed by atoms with Gasteiger partial charge in [0.25, 0.3) is 5.56 Å². The molecule has 7 nitrogen and oxygen atoms in total. The lowest BCUT2D eigenvalue weighted by Crippen LogP contribution is -2.42. The second-order valence-corrected chi connectivity index (χ2v) is 6.69. The Morgan fingerprint density at radius 1 is 0.966 bits per heavy atom. The number of methoxy groups -OCH3 is 2. The lowest BCUT2D eigenvalue weighted by molar-refractivity contribution is -0.141. The van der Waals surface area contributed by atoms with Crippen molar-refractivity contribution in [2.45, 2.75) is 13.1 Å². The van der Waals surface area contributed by atoms with Crippen molar-refractivity contribution in [3.63, 3.8) is 0 Å². The first-order valence-corrected chi connectivity index (χ1v) is 9.11. The van der Waals surface area contributed by atoms with Crippen LogP contribution in [0.15, 0.2) is 64.2 Å². The molecule has 0 bridgehead atoms. The Morgan fingerprint density at radius 2 is 1.62 bits per heavy atom. The molecule has 0 saturated carbocycles. The van der Waals surface area contributed by atoms with Gasteiger partial charge in [-0.1, -0.05) is 35.9 Å². The number of carbonyl (C=O) groups is 1. The van der Waals surface area contributed by atoms with E-state index in [1.165, 1.54) is 17.7 Å². The molecule has 1 aromatic heterocycles. The van der Waals surface area contributed by atoms with E-state index in [1.54, 1.807) is 43.5 Å². The Labute approximate surface area is 171 Å². The van der Waals surface area contributed by atoms with E-state index in [4.69, 9.17) is 16.3 Å². The molecule has 2 aromatic carbocycles. The molecule has 0 aliphatic heterocycles. The van der Waals surface area contributed by atoms with Crippen molar-refractivity contribution < 1.29 is 14.3 Å². The molecular formula is C21H19ClN2O5. The summed E-state index contributed by atoms with van der Waals surface area (Å²) in [7, 11) is 2.77. The molecule has 8 heteroatoms. The standard InChI is InChI=1S/C21H19ClN2O5/c1-28-17-9-3-14(4-10-17)12-23-18(15-5-7-16(22)8-6-15)11-19(25)24(21(23)27)13-20(26)29-2/h3-11H,12-13H2,1-2H3. The van der Waals surface area contributed by atoms with Gasteiger partial charge in [0.05, 0.1) is 26.5 Å². The first kappa shape index (κ1) is 20.4. The molecule has 0 N–H and O–H groups in total. The average molecular weight is 415 g/mol. The van der Waals surface area contributed by atoms with E-state index in [0.29, 0.717) is 22.0 Å². The molecule has 0 fully saturated rings. The van der Waals surface area contributed by atoms with Crippen molar-refractivity contribution in [3.8, 4) is 17.0 Å². The summed E-state index contributed by atoms with van der Waals surface area (Å²) in [5.74, 6) is 0.00845. The van der Waals surface area contributed by atoms with Gasteiger partial charge in [-0.05, 0) is 35.4 Å². The van der Waals surface area contributed by atoms with Crippen LogP contribution in [0.2, 0.25) is 5.02 Å². The molecule has 0 aliphatic rings. The first-order valence-electron chi connectivity index (χ1n) is 8.73. The Balaban J connectivity index is 2.15. The minimum atomic E-state index is -0.681. The Hall–Kier alpha value is -3.32. The summed E-state index contributed by atoms with van der Waals surface area (Å²) in [5.41, 5.74) is 0.710. The molecule has 3 rings (SSSR count). The smallest absolute Gasteiger partial charge is 0.332 e. The van der Waals surface area contributed by atoms with E-state index in [0.717, 1.165) is 10.1 Å². The maximum atomic E-state index is 13.1. The number of rotatable bonds is 6. The third-order valence-electron chi connectivity index (χ3n) is 4.43. The monoisotopic (exact) mass is 414 g/mol. The molecule has 0 amide bonds. The Morgan fingerprint density at radius 3 is 2.21 bits per heavy atom. The summed E-state index contributed by atoms with van der Waals surface area (Å²) < 4.78 is 12.1. The summed E-state index contributed by atoms with van der Waals surface area (Å²) in [4.78, 5) is 37.3. The molecular weight excluding hydrogens is 396 g/mol. The van der Waals surface area contributed by atoms with Gasteiger partial charge in [-0.3, -0.25) is 14.2 Å². The van der Waals surface area contributed by atoms with Gasteiger partial charge in [0, 0.05) is 11.1 Å². The van der Waals surface area contributed by atoms with Crippen LogP contribution in [0.25, 0.3) is 11.3 Å². The van der Waals surface area contributed by atoms with Crippen molar-refractivity contribution in [1.82, 2.24) is 9.13 Å². The number of hydrogen-bond acceptors (Lipinski definition) is 5. The number of nitrogens with zero attached hydrogens (tertiary/aromatic N) is 2. The molecule has 0 spiro atoms. The zero-order valence-electron chi connectivity index (χ0n) is 15.9. The number of aromatic nitrogens is 2. The van der Waals surface area contributed by atoms with Crippen LogP contribution in [0.4, 0.5) is 0 Å². The number of halogens is 1. The minimum Gasteiger partial charge on any atom is -0.497 e. The molecule has 150 valence electrons. The fourth-order valence-corrected chi connectivity index (χ4v) is 3.01. The van der Waals surface area contributed by atoms with Crippen molar-refractivity contribution >= 4 is 17.6 Å². The first-order chi connectivity index (χ1) is 13.9. The van der Waals surface area contributed by atoms with Crippen LogP contribution in [0, 0.1) is 0 Å². The third-order valence-corrected chi connectivity index (χ3v) is 4.69. The topological polar surface area (TPSA) is 79.5 Å². The highest BCUT2D eigenvalue weighted by molar-refractivity contribution is 6.30. The van der Waals surface area contributed by atoms with Crippen LogP contribution >= 0.6 is 11.6 Å². The van der Waals surface area contributed by atoms with Gasteiger partial charge in [-0.25, -0.2) is 9.36 Å². The van der Waals surface area contributed by atoms with Crippen molar-refractivity contribution in [3.05, 3.63) is 86.0 Å². The normalized spacial score (nSPS) is 10.6. The van der Waals surface area contributed by atoms with Gasteiger partial charge in [-0.2, -0.15) is 0 Å².